The van der Waals surface area contributed by atoms with E-state index in [1.165, 1.54) is 0 Å². The second-order valence-electron chi connectivity index (χ2n) is 7.89. The smallest absolute Gasteiger partial charge is 0.263 e. The van der Waals surface area contributed by atoms with Gasteiger partial charge in [-0.1, -0.05) is 29.8 Å². The molecule has 168 valence electrons. The van der Waals surface area contributed by atoms with Crippen molar-refractivity contribution in [3.8, 4) is 17.2 Å². The summed E-state index contributed by atoms with van der Waals surface area (Å²) in [5.74, 6) is 1.36. The van der Waals surface area contributed by atoms with Crippen molar-refractivity contribution in [2.24, 2.45) is 0 Å². The number of ether oxygens (including phenoxy) is 3. The van der Waals surface area contributed by atoms with Crippen molar-refractivity contribution >= 4 is 29.1 Å². The largest absolute Gasteiger partial charge is 0.481 e. The normalized spacial score (nSPS) is 16.6. The van der Waals surface area contributed by atoms with E-state index in [-0.39, 0.29) is 18.6 Å². The molecule has 8 heteroatoms. The second-order valence-corrected chi connectivity index (χ2v) is 8.30. The molecule has 7 nitrogen and oxygen atoms in total. The van der Waals surface area contributed by atoms with Crippen LogP contribution in [0.3, 0.4) is 0 Å². The van der Waals surface area contributed by atoms with Crippen molar-refractivity contribution in [1.82, 2.24) is 4.90 Å². The van der Waals surface area contributed by atoms with Gasteiger partial charge in [-0.3, -0.25) is 9.59 Å². The first kappa shape index (κ1) is 21.2. The third-order valence-corrected chi connectivity index (χ3v) is 5.97. The number of benzene rings is 3. The summed E-state index contributed by atoms with van der Waals surface area (Å²) < 4.78 is 16.5. The predicted octanol–water partition coefficient (Wildman–Crippen LogP) is 4.63. The van der Waals surface area contributed by atoms with Gasteiger partial charge in [-0.05, 0) is 55.0 Å². The Hall–Kier alpha value is -3.71. The Morgan fingerprint density at radius 3 is 2.70 bits per heavy atom. The van der Waals surface area contributed by atoms with Gasteiger partial charge in [-0.15, -0.1) is 0 Å². The van der Waals surface area contributed by atoms with Gasteiger partial charge in [0.2, 0.25) is 6.79 Å². The Morgan fingerprint density at radius 1 is 1.06 bits per heavy atom. The number of hydrogen-bond donors (Lipinski definition) is 1. The molecule has 1 N–H and O–H groups in total. The lowest BCUT2D eigenvalue weighted by Crippen LogP contribution is -2.37. The molecule has 1 unspecified atom stereocenters. The van der Waals surface area contributed by atoms with Crippen LogP contribution in [0.15, 0.2) is 60.7 Å². The van der Waals surface area contributed by atoms with Crippen LogP contribution in [0.1, 0.15) is 28.4 Å². The molecule has 2 amide bonds. The predicted molar refractivity (Wildman–Crippen MR) is 123 cm³/mol. The fraction of sp³-hybridized carbons (Fsp3) is 0.200. The molecule has 0 saturated heterocycles. The van der Waals surface area contributed by atoms with Crippen LogP contribution in [0.25, 0.3) is 0 Å². The van der Waals surface area contributed by atoms with E-state index in [9.17, 15) is 9.59 Å². The fourth-order valence-corrected chi connectivity index (χ4v) is 4.08. The van der Waals surface area contributed by atoms with Crippen molar-refractivity contribution < 1.29 is 23.8 Å². The molecule has 0 aliphatic carbocycles. The molecule has 1 atom stereocenters. The van der Waals surface area contributed by atoms with E-state index in [0.29, 0.717) is 46.6 Å². The summed E-state index contributed by atoms with van der Waals surface area (Å²) in [6.07, 6.45) is -0.636. The standard InChI is InChI=1S/C25H21ClN2O5/c1-15-25(30)28(12-17-4-2-3-5-20(17)26)13-18-10-19(7-9-21(18)33-15)27-24(29)16-6-8-22-23(11-16)32-14-31-22/h2-11,15H,12-14H2,1H3,(H,27,29). The lowest BCUT2D eigenvalue weighted by Gasteiger charge is -2.22. The number of amides is 2. The molecule has 3 aromatic rings. The van der Waals surface area contributed by atoms with E-state index in [2.05, 4.69) is 5.32 Å². The van der Waals surface area contributed by atoms with E-state index in [1.807, 2.05) is 24.3 Å². The van der Waals surface area contributed by atoms with Gasteiger partial charge >= 0.3 is 0 Å². The van der Waals surface area contributed by atoms with E-state index >= 15 is 0 Å². The van der Waals surface area contributed by atoms with Crippen LogP contribution in [0, 0.1) is 0 Å². The number of carbonyl (C=O) groups excluding carboxylic acids is 2. The van der Waals surface area contributed by atoms with Crippen molar-refractivity contribution in [2.45, 2.75) is 26.1 Å². The second kappa shape index (κ2) is 8.67. The molecule has 0 aromatic heterocycles. The third-order valence-electron chi connectivity index (χ3n) is 5.60. The average Bonchev–Trinajstić information content (AvgIpc) is 3.25. The zero-order chi connectivity index (χ0) is 22.9. The summed E-state index contributed by atoms with van der Waals surface area (Å²) in [5.41, 5.74) is 2.70. The number of halogens is 1. The minimum atomic E-state index is -0.636. The first-order valence-corrected chi connectivity index (χ1v) is 10.9. The number of hydrogen-bond acceptors (Lipinski definition) is 5. The zero-order valence-electron chi connectivity index (χ0n) is 17.8. The number of rotatable bonds is 4. The summed E-state index contributed by atoms with van der Waals surface area (Å²) in [5, 5.41) is 3.51. The maximum Gasteiger partial charge on any atom is 0.263 e. The monoisotopic (exact) mass is 464 g/mol. The molecule has 33 heavy (non-hydrogen) atoms. The molecule has 5 rings (SSSR count). The van der Waals surface area contributed by atoms with Crippen molar-refractivity contribution in [1.29, 1.82) is 0 Å². The Labute approximate surface area is 195 Å². The van der Waals surface area contributed by atoms with Gasteiger partial charge in [0.05, 0.1) is 0 Å². The SMILES string of the molecule is CC1Oc2ccc(NC(=O)c3ccc4c(c3)OCO4)cc2CN(Cc2ccccc2Cl)C1=O. The molecule has 2 aliphatic heterocycles. The Kier molecular flexibility index (Phi) is 5.56. The lowest BCUT2D eigenvalue weighted by molar-refractivity contribution is -0.138. The Bertz CT molecular complexity index is 1250. The summed E-state index contributed by atoms with van der Waals surface area (Å²) >= 11 is 6.31. The van der Waals surface area contributed by atoms with Crippen molar-refractivity contribution in [3.63, 3.8) is 0 Å². The maximum absolute atomic E-state index is 12.9. The van der Waals surface area contributed by atoms with Crippen molar-refractivity contribution in [3.05, 3.63) is 82.4 Å². The minimum absolute atomic E-state index is 0.128. The topological polar surface area (TPSA) is 77.1 Å². The number of fused-ring (bicyclic) bond motifs is 2. The zero-order valence-corrected chi connectivity index (χ0v) is 18.6. The van der Waals surface area contributed by atoms with Crippen molar-refractivity contribution in [2.75, 3.05) is 12.1 Å². The number of anilines is 1. The lowest BCUT2D eigenvalue weighted by atomic mass is 10.1. The highest BCUT2D eigenvalue weighted by atomic mass is 35.5. The molecule has 0 fully saturated rings. The fourth-order valence-electron chi connectivity index (χ4n) is 3.88. The highest BCUT2D eigenvalue weighted by Crippen LogP contribution is 2.33. The first-order chi connectivity index (χ1) is 16.0. The van der Waals surface area contributed by atoms with Crippen LogP contribution in [0.2, 0.25) is 5.02 Å². The summed E-state index contributed by atoms with van der Waals surface area (Å²) in [7, 11) is 0. The minimum Gasteiger partial charge on any atom is -0.481 e. The van der Waals surface area contributed by atoms with E-state index < -0.39 is 6.10 Å². The summed E-state index contributed by atoms with van der Waals surface area (Å²) in [6.45, 7) is 2.57. The molecule has 0 radical (unpaired) electrons. The van der Waals surface area contributed by atoms with E-state index in [0.717, 1.165) is 11.1 Å². The van der Waals surface area contributed by atoms with E-state index in [4.69, 9.17) is 25.8 Å². The van der Waals surface area contributed by atoms with Crippen LogP contribution in [-0.2, 0) is 17.9 Å². The molecule has 3 aromatic carbocycles. The summed E-state index contributed by atoms with van der Waals surface area (Å²) in [4.78, 5) is 27.4. The van der Waals surface area contributed by atoms with Crippen LogP contribution in [0.5, 0.6) is 17.2 Å². The Balaban J connectivity index is 1.37. The third kappa shape index (κ3) is 4.32. The highest BCUT2D eigenvalue weighted by Gasteiger charge is 2.28. The molecule has 2 aliphatic rings. The van der Waals surface area contributed by atoms with Gasteiger partial charge in [0.15, 0.2) is 17.6 Å². The van der Waals surface area contributed by atoms with Gasteiger partial charge < -0.3 is 24.4 Å². The molecular weight excluding hydrogens is 444 g/mol. The van der Waals surface area contributed by atoms with Crippen LogP contribution >= 0.6 is 11.6 Å². The molecular formula is C25H21ClN2O5. The number of carbonyl (C=O) groups is 2. The quantitative estimate of drug-likeness (QED) is 0.609. The van der Waals surface area contributed by atoms with Gasteiger partial charge in [-0.2, -0.15) is 0 Å². The molecule has 0 bridgehead atoms. The molecule has 2 heterocycles. The maximum atomic E-state index is 12.9. The van der Waals surface area contributed by atoms with Crippen LogP contribution in [-0.4, -0.2) is 29.6 Å². The number of nitrogens with zero attached hydrogens (tertiary/aromatic N) is 1. The van der Waals surface area contributed by atoms with Gasteiger partial charge in [-0.25, -0.2) is 0 Å². The first-order valence-electron chi connectivity index (χ1n) is 10.5. The molecule has 0 saturated carbocycles. The number of nitrogens with one attached hydrogen (secondary N) is 1. The summed E-state index contributed by atoms with van der Waals surface area (Å²) in [6, 6.07) is 17.8. The van der Waals surface area contributed by atoms with Crippen LogP contribution < -0.4 is 19.5 Å². The Morgan fingerprint density at radius 2 is 1.85 bits per heavy atom. The van der Waals surface area contributed by atoms with Gasteiger partial charge in [0.1, 0.15) is 5.75 Å². The van der Waals surface area contributed by atoms with Gasteiger partial charge in [0.25, 0.3) is 11.8 Å². The van der Waals surface area contributed by atoms with E-state index in [1.54, 1.807) is 48.2 Å². The average molecular weight is 465 g/mol. The van der Waals surface area contributed by atoms with Crippen LogP contribution in [0.4, 0.5) is 5.69 Å². The van der Waals surface area contributed by atoms with Gasteiger partial charge in [0, 0.05) is 34.9 Å². The highest BCUT2D eigenvalue weighted by molar-refractivity contribution is 6.31. The molecule has 0 spiro atoms.